The van der Waals surface area contributed by atoms with Crippen molar-refractivity contribution in [3.05, 3.63) is 23.2 Å². The Morgan fingerprint density at radius 3 is 3.16 bits per heavy atom. The van der Waals surface area contributed by atoms with Crippen LogP contribution in [0, 0.1) is 0 Å². The SMILES string of the molecule is CCOC(=O)c1sc(NCCc2ncno2)cc1N. The Morgan fingerprint density at radius 1 is 1.63 bits per heavy atom. The topological polar surface area (TPSA) is 103 Å². The Bertz CT molecular complexity index is 538. The Labute approximate surface area is 113 Å². The van der Waals surface area contributed by atoms with E-state index in [0.29, 0.717) is 36.0 Å². The first-order valence-corrected chi connectivity index (χ1v) is 6.58. The van der Waals surface area contributed by atoms with E-state index in [0.717, 1.165) is 5.00 Å². The number of esters is 1. The number of anilines is 2. The van der Waals surface area contributed by atoms with E-state index in [-0.39, 0.29) is 0 Å². The van der Waals surface area contributed by atoms with Gasteiger partial charge in [-0.25, -0.2) is 4.79 Å². The highest BCUT2D eigenvalue weighted by Crippen LogP contribution is 2.29. The van der Waals surface area contributed by atoms with Crippen molar-refractivity contribution in [3.8, 4) is 0 Å². The molecular formula is C11H14N4O3S. The van der Waals surface area contributed by atoms with E-state index in [2.05, 4.69) is 15.5 Å². The van der Waals surface area contributed by atoms with Crippen LogP contribution >= 0.6 is 11.3 Å². The summed E-state index contributed by atoms with van der Waals surface area (Å²) in [4.78, 5) is 15.9. The van der Waals surface area contributed by atoms with E-state index in [1.165, 1.54) is 17.7 Å². The molecule has 0 saturated carbocycles. The number of thiophene rings is 1. The lowest BCUT2D eigenvalue weighted by molar-refractivity contribution is 0.0533. The minimum atomic E-state index is -0.394. The predicted molar refractivity (Wildman–Crippen MR) is 71.2 cm³/mol. The minimum Gasteiger partial charge on any atom is -0.462 e. The zero-order chi connectivity index (χ0) is 13.7. The number of hydrogen-bond acceptors (Lipinski definition) is 8. The molecule has 0 fully saturated rings. The van der Waals surface area contributed by atoms with Crippen LogP contribution in [0.1, 0.15) is 22.5 Å². The summed E-state index contributed by atoms with van der Waals surface area (Å²) in [5.41, 5.74) is 6.19. The highest BCUT2D eigenvalue weighted by molar-refractivity contribution is 7.18. The number of carbonyl (C=O) groups is 1. The van der Waals surface area contributed by atoms with E-state index in [1.807, 2.05) is 0 Å². The number of carbonyl (C=O) groups excluding carboxylic acids is 1. The summed E-state index contributed by atoms with van der Waals surface area (Å²) < 4.78 is 9.79. The summed E-state index contributed by atoms with van der Waals surface area (Å²) in [5.74, 6) is 0.164. The van der Waals surface area contributed by atoms with Gasteiger partial charge in [0.15, 0.2) is 6.33 Å². The summed E-state index contributed by atoms with van der Waals surface area (Å²) >= 11 is 1.27. The monoisotopic (exact) mass is 282 g/mol. The zero-order valence-electron chi connectivity index (χ0n) is 10.4. The minimum absolute atomic E-state index is 0.329. The van der Waals surface area contributed by atoms with E-state index in [9.17, 15) is 4.79 Å². The molecule has 0 aromatic carbocycles. The molecule has 0 radical (unpaired) electrons. The maximum Gasteiger partial charge on any atom is 0.350 e. The lowest BCUT2D eigenvalue weighted by atomic mass is 10.4. The zero-order valence-corrected chi connectivity index (χ0v) is 11.2. The molecule has 0 aliphatic carbocycles. The summed E-state index contributed by atoms with van der Waals surface area (Å²) in [6, 6.07) is 1.71. The Kier molecular flexibility index (Phi) is 4.35. The number of aromatic nitrogens is 2. The first kappa shape index (κ1) is 13.3. The normalized spacial score (nSPS) is 10.4. The summed E-state index contributed by atoms with van der Waals surface area (Å²) in [5, 5.41) is 7.47. The summed E-state index contributed by atoms with van der Waals surface area (Å²) in [7, 11) is 0. The van der Waals surface area contributed by atoms with E-state index in [4.69, 9.17) is 15.0 Å². The number of nitrogens with two attached hydrogens (primary N) is 1. The van der Waals surface area contributed by atoms with Crippen LogP contribution in [0.2, 0.25) is 0 Å². The van der Waals surface area contributed by atoms with Crippen molar-refractivity contribution < 1.29 is 14.1 Å². The van der Waals surface area contributed by atoms with Crippen LogP contribution in [0.25, 0.3) is 0 Å². The summed E-state index contributed by atoms with van der Waals surface area (Å²) in [6.07, 6.45) is 1.96. The van der Waals surface area contributed by atoms with Crippen molar-refractivity contribution in [2.75, 3.05) is 24.2 Å². The molecule has 2 aromatic heterocycles. The van der Waals surface area contributed by atoms with Crippen LogP contribution in [0.5, 0.6) is 0 Å². The lowest BCUT2D eigenvalue weighted by Gasteiger charge is -2.00. The van der Waals surface area contributed by atoms with Gasteiger partial charge in [-0.2, -0.15) is 4.98 Å². The van der Waals surface area contributed by atoms with E-state index >= 15 is 0 Å². The van der Waals surface area contributed by atoms with Crippen molar-refractivity contribution in [1.29, 1.82) is 0 Å². The van der Waals surface area contributed by atoms with Crippen LogP contribution < -0.4 is 11.1 Å². The quantitative estimate of drug-likeness (QED) is 0.774. The van der Waals surface area contributed by atoms with E-state index < -0.39 is 5.97 Å². The number of nitrogens with one attached hydrogen (secondary N) is 1. The van der Waals surface area contributed by atoms with Crippen molar-refractivity contribution in [1.82, 2.24) is 10.1 Å². The number of rotatable bonds is 6. The highest BCUT2D eigenvalue weighted by Gasteiger charge is 2.15. The maximum absolute atomic E-state index is 11.6. The molecule has 19 heavy (non-hydrogen) atoms. The second-order valence-electron chi connectivity index (χ2n) is 3.63. The van der Waals surface area contributed by atoms with Crippen LogP contribution in [0.3, 0.4) is 0 Å². The molecule has 2 aromatic rings. The number of nitrogen functional groups attached to an aromatic ring is 1. The van der Waals surface area contributed by atoms with Crippen molar-refractivity contribution in [2.45, 2.75) is 13.3 Å². The third kappa shape index (κ3) is 3.44. The first-order valence-electron chi connectivity index (χ1n) is 5.76. The highest BCUT2D eigenvalue weighted by atomic mass is 32.1. The van der Waals surface area contributed by atoms with Gasteiger partial charge in [0.1, 0.15) is 4.88 Å². The van der Waals surface area contributed by atoms with Crippen LogP contribution in [-0.2, 0) is 11.2 Å². The van der Waals surface area contributed by atoms with Gasteiger partial charge < -0.3 is 20.3 Å². The molecule has 0 unspecified atom stereocenters. The lowest BCUT2D eigenvalue weighted by Crippen LogP contribution is -2.04. The molecule has 0 bridgehead atoms. The van der Waals surface area contributed by atoms with Gasteiger partial charge in [-0.15, -0.1) is 11.3 Å². The fourth-order valence-corrected chi connectivity index (χ4v) is 2.35. The molecule has 102 valence electrons. The molecule has 2 heterocycles. The largest absolute Gasteiger partial charge is 0.462 e. The van der Waals surface area contributed by atoms with Crippen molar-refractivity contribution in [3.63, 3.8) is 0 Å². The third-order valence-electron chi connectivity index (χ3n) is 2.27. The number of nitrogens with zero attached hydrogens (tertiary/aromatic N) is 2. The Balaban J connectivity index is 1.90. The molecule has 0 atom stereocenters. The molecule has 0 spiro atoms. The second-order valence-corrected chi connectivity index (χ2v) is 4.68. The average molecular weight is 282 g/mol. The number of hydrogen-bond donors (Lipinski definition) is 2. The second kappa shape index (κ2) is 6.19. The Morgan fingerprint density at radius 2 is 2.47 bits per heavy atom. The van der Waals surface area contributed by atoms with Gasteiger partial charge in [0.05, 0.1) is 17.3 Å². The van der Waals surface area contributed by atoms with Gasteiger partial charge in [0, 0.05) is 13.0 Å². The van der Waals surface area contributed by atoms with Gasteiger partial charge in [0.2, 0.25) is 5.89 Å². The molecule has 0 amide bonds. The van der Waals surface area contributed by atoms with Gasteiger partial charge >= 0.3 is 5.97 Å². The fraction of sp³-hybridized carbons (Fsp3) is 0.364. The van der Waals surface area contributed by atoms with Crippen molar-refractivity contribution in [2.24, 2.45) is 0 Å². The molecular weight excluding hydrogens is 268 g/mol. The molecule has 8 heteroatoms. The molecule has 2 rings (SSSR count). The van der Waals surface area contributed by atoms with Gasteiger partial charge in [-0.3, -0.25) is 0 Å². The van der Waals surface area contributed by atoms with Crippen molar-refractivity contribution >= 4 is 28.0 Å². The van der Waals surface area contributed by atoms with Crippen LogP contribution in [-0.4, -0.2) is 29.3 Å². The number of ether oxygens (including phenoxy) is 1. The van der Waals surface area contributed by atoms with Gasteiger partial charge in [0.25, 0.3) is 0 Å². The predicted octanol–water partition coefficient (Wildman–Crippen LogP) is 1.54. The smallest absolute Gasteiger partial charge is 0.350 e. The molecule has 0 aliphatic rings. The first-order chi connectivity index (χ1) is 9.20. The molecule has 7 nitrogen and oxygen atoms in total. The molecule has 0 saturated heterocycles. The standard InChI is InChI=1S/C11H14N4O3S/c1-2-17-11(16)10-7(12)5-9(19-10)13-4-3-8-14-6-15-18-8/h5-6,13H,2-4,12H2,1H3. The molecule has 3 N–H and O–H groups in total. The average Bonchev–Trinajstić information content (AvgIpc) is 2.99. The van der Waals surface area contributed by atoms with E-state index in [1.54, 1.807) is 13.0 Å². The third-order valence-corrected chi connectivity index (χ3v) is 3.36. The van der Waals surface area contributed by atoms with Crippen LogP contribution in [0.15, 0.2) is 16.9 Å². The van der Waals surface area contributed by atoms with Gasteiger partial charge in [-0.1, -0.05) is 5.16 Å². The maximum atomic E-state index is 11.6. The molecule has 0 aliphatic heterocycles. The Hall–Kier alpha value is -2.09. The summed E-state index contributed by atoms with van der Waals surface area (Å²) in [6.45, 7) is 2.70. The fourth-order valence-electron chi connectivity index (χ4n) is 1.45. The van der Waals surface area contributed by atoms with Gasteiger partial charge in [-0.05, 0) is 13.0 Å². The van der Waals surface area contributed by atoms with Crippen LogP contribution in [0.4, 0.5) is 10.7 Å².